The van der Waals surface area contributed by atoms with E-state index in [1.165, 1.54) is 0 Å². The number of para-hydroxylation sites is 1. The van der Waals surface area contributed by atoms with Crippen molar-refractivity contribution in [2.24, 2.45) is 7.05 Å². The summed E-state index contributed by atoms with van der Waals surface area (Å²) in [5.74, 6) is 1.14. The van der Waals surface area contributed by atoms with Crippen molar-refractivity contribution in [2.75, 3.05) is 0 Å². The van der Waals surface area contributed by atoms with Gasteiger partial charge in [0.2, 0.25) is 0 Å². The fourth-order valence-electron chi connectivity index (χ4n) is 3.56. The van der Waals surface area contributed by atoms with Crippen molar-refractivity contribution in [1.82, 2.24) is 14.5 Å². The minimum atomic E-state index is -0.368. The van der Waals surface area contributed by atoms with E-state index < -0.39 is 0 Å². The van der Waals surface area contributed by atoms with Gasteiger partial charge in [-0.3, -0.25) is 9.48 Å². The van der Waals surface area contributed by atoms with Crippen molar-refractivity contribution in [1.29, 1.82) is 0 Å². The number of hydrogen-bond donors (Lipinski definition) is 0. The van der Waals surface area contributed by atoms with E-state index in [1.54, 1.807) is 4.68 Å². The first-order valence-corrected chi connectivity index (χ1v) is 9.02. The van der Waals surface area contributed by atoms with Crippen LogP contribution in [0, 0.1) is 6.92 Å². The van der Waals surface area contributed by atoms with Gasteiger partial charge in [0.25, 0.3) is 5.56 Å². The van der Waals surface area contributed by atoms with E-state index in [0.29, 0.717) is 12.3 Å². The minimum absolute atomic E-state index is 0.0183. The molecule has 5 heteroatoms. The van der Waals surface area contributed by atoms with Gasteiger partial charge in [-0.05, 0) is 25.0 Å². The molecule has 2 aromatic heterocycles. The zero-order valence-electron chi connectivity index (χ0n) is 16.4. The van der Waals surface area contributed by atoms with E-state index in [1.807, 2.05) is 55.1 Å². The third-order valence-corrected chi connectivity index (χ3v) is 5.02. The molecule has 26 heavy (non-hydrogen) atoms. The molecule has 0 unspecified atom stereocenters. The average molecular weight is 353 g/mol. The first-order valence-electron chi connectivity index (χ1n) is 9.02. The van der Waals surface area contributed by atoms with Crippen LogP contribution in [0.5, 0.6) is 0 Å². The normalized spacial score (nSPS) is 12.1. The largest absolute Gasteiger partial charge is 0.361 e. The van der Waals surface area contributed by atoms with E-state index in [9.17, 15) is 4.79 Å². The van der Waals surface area contributed by atoms with Crippen LogP contribution in [0.4, 0.5) is 0 Å². The van der Waals surface area contributed by atoms with Gasteiger partial charge in [0.1, 0.15) is 5.76 Å². The lowest BCUT2D eigenvalue weighted by Crippen LogP contribution is -2.30. The molecule has 0 aliphatic rings. The van der Waals surface area contributed by atoms with Crippen molar-refractivity contribution >= 4 is 0 Å². The van der Waals surface area contributed by atoms with Gasteiger partial charge < -0.3 is 4.52 Å². The first kappa shape index (κ1) is 18.2. The predicted molar refractivity (Wildman–Crippen MR) is 103 cm³/mol. The van der Waals surface area contributed by atoms with E-state index in [4.69, 9.17) is 4.52 Å². The third-order valence-electron chi connectivity index (χ3n) is 5.02. The van der Waals surface area contributed by atoms with Crippen molar-refractivity contribution in [2.45, 2.75) is 52.4 Å². The molecule has 0 bridgehead atoms. The Morgan fingerprint density at radius 3 is 2.42 bits per heavy atom. The van der Waals surface area contributed by atoms with Crippen molar-refractivity contribution in [3.8, 4) is 5.69 Å². The molecule has 1 aromatic carbocycles. The molecule has 2 heterocycles. The Labute approximate surface area is 154 Å². The number of nitrogens with zero attached hydrogens (tertiary/aromatic N) is 3. The molecule has 0 saturated carbocycles. The van der Waals surface area contributed by atoms with Gasteiger partial charge in [0.15, 0.2) is 0 Å². The summed E-state index contributed by atoms with van der Waals surface area (Å²) in [4.78, 5) is 13.3. The summed E-state index contributed by atoms with van der Waals surface area (Å²) in [7, 11) is 1.93. The second kappa shape index (κ2) is 6.63. The van der Waals surface area contributed by atoms with E-state index >= 15 is 0 Å². The standard InChI is InChI=1S/C21H27N3O2/c1-14(2)18-12-17(26-22-18)13-21(4,5)19-15(3)23(6)24(20(19)25)16-10-8-7-9-11-16/h7-12,14H,13H2,1-6H3. The topological polar surface area (TPSA) is 53.0 Å². The van der Waals surface area contributed by atoms with Crippen molar-refractivity contribution in [3.63, 3.8) is 0 Å². The number of aromatic nitrogens is 3. The molecule has 0 atom stereocenters. The summed E-state index contributed by atoms with van der Waals surface area (Å²) in [6, 6.07) is 11.7. The zero-order valence-corrected chi connectivity index (χ0v) is 16.4. The number of benzene rings is 1. The summed E-state index contributed by atoms with van der Waals surface area (Å²) in [5.41, 5.74) is 3.24. The molecule has 0 aliphatic heterocycles. The van der Waals surface area contributed by atoms with Gasteiger partial charge in [-0.2, -0.15) is 0 Å². The lowest BCUT2D eigenvalue weighted by molar-refractivity contribution is 0.347. The highest BCUT2D eigenvalue weighted by Gasteiger charge is 2.32. The van der Waals surface area contributed by atoms with Gasteiger partial charge >= 0.3 is 0 Å². The van der Waals surface area contributed by atoms with Gasteiger partial charge in [0, 0.05) is 36.2 Å². The summed E-state index contributed by atoms with van der Waals surface area (Å²) in [5, 5.41) is 4.15. The maximum absolute atomic E-state index is 13.3. The van der Waals surface area contributed by atoms with Crippen LogP contribution in [0.3, 0.4) is 0 Å². The average Bonchev–Trinajstić information content (AvgIpc) is 3.11. The van der Waals surface area contributed by atoms with Gasteiger partial charge in [-0.1, -0.05) is 51.1 Å². The second-order valence-electron chi connectivity index (χ2n) is 7.87. The van der Waals surface area contributed by atoms with Crippen LogP contribution >= 0.6 is 0 Å². The fourth-order valence-corrected chi connectivity index (χ4v) is 3.56. The number of hydrogen-bond acceptors (Lipinski definition) is 3. The summed E-state index contributed by atoms with van der Waals surface area (Å²) < 4.78 is 9.17. The van der Waals surface area contributed by atoms with Crippen LogP contribution in [-0.2, 0) is 18.9 Å². The molecule has 0 fully saturated rings. The maximum atomic E-state index is 13.3. The molecule has 3 aromatic rings. The first-order chi connectivity index (χ1) is 12.2. The molecule has 0 radical (unpaired) electrons. The molecular formula is C21H27N3O2. The highest BCUT2D eigenvalue weighted by molar-refractivity contribution is 5.36. The van der Waals surface area contributed by atoms with Crippen molar-refractivity contribution in [3.05, 3.63) is 69.5 Å². The zero-order chi connectivity index (χ0) is 19.1. The molecule has 3 rings (SSSR count). The Bertz CT molecular complexity index is 959. The SMILES string of the molecule is Cc1c(C(C)(C)Cc2cc(C(C)C)no2)c(=O)n(-c2ccccc2)n1C. The second-order valence-corrected chi connectivity index (χ2v) is 7.87. The molecular weight excluding hydrogens is 326 g/mol. The molecule has 0 spiro atoms. The van der Waals surface area contributed by atoms with Gasteiger partial charge in [-0.15, -0.1) is 0 Å². The summed E-state index contributed by atoms with van der Waals surface area (Å²) in [6.07, 6.45) is 0.627. The van der Waals surface area contributed by atoms with Gasteiger partial charge in [0.05, 0.1) is 11.4 Å². The Balaban J connectivity index is 2.03. The minimum Gasteiger partial charge on any atom is -0.361 e. The fraction of sp³-hybridized carbons (Fsp3) is 0.429. The monoisotopic (exact) mass is 353 g/mol. The Hall–Kier alpha value is -2.56. The van der Waals surface area contributed by atoms with Crippen LogP contribution in [-0.4, -0.2) is 14.5 Å². The van der Waals surface area contributed by atoms with Crippen LogP contribution in [0.25, 0.3) is 5.69 Å². The quantitative estimate of drug-likeness (QED) is 0.693. The van der Waals surface area contributed by atoms with E-state index in [0.717, 1.165) is 28.4 Å². The van der Waals surface area contributed by atoms with Crippen LogP contribution in [0.15, 0.2) is 45.7 Å². The molecule has 0 N–H and O–H groups in total. The highest BCUT2D eigenvalue weighted by Crippen LogP contribution is 2.29. The maximum Gasteiger partial charge on any atom is 0.275 e. The van der Waals surface area contributed by atoms with Crippen LogP contribution in [0.1, 0.15) is 56.3 Å². The molecule has 138 valence electrons. The van der Waals surface area contributed by atoms with E-state index in [-0.39, 0.29) is 11.0 Å². The Kier molecular flexibility index (Phi) is 4.65. The van der Waals surface area contributed by atoms with Crippen molar-refractivity contribution < 1.29 is 4.52 Å². The lowest BCUT2D eigenvalue weighted by Gasteiger charge is -2.22. The summed E-state index contributed by atoms with van der Waals surface area (Å²) in [6.45, 7) is 10.4. The highest BCUT2D eigenvalue weighted by atomic mass is 16.5. The van der Waals surface area contributed by atoms with E-state index in [2.05, 4.69) is 32.9 Å². The molecule has 0 amide bonds. The van der Waals surface area contributed by atoms with Crippen LogP contribution in [0.2, 0.25) is 0 Å². The number of rotatable bonds is 5. The molecule has 0 aliphatic carbocycles. The lowest BCUT2D eigenvalue weighted by atomic mass is 9.80. The predicted octanol–water partition coefficient (Wildman–Crippen LogP) is 4.12. The summed E-state index contributed by atoms with van der Waals surface area (Å²) >= 11 is 0. The van der Waals surface area contributed by atoms with Crippen LogP contribution < -0.4 is 5.56 Å². The Morgan fingerprint density at radius 1 is 1.19 bits per heavy atom. The van der Waals surface area contributed by atoms with Gasteiger partial charge in [-0.25, -0.2) is 4.68 Å². The molecule has 0 saturated heterocycles. The Morgan fingerprint density at radius 2 is 1.85 bits per heavy atom. The molecule has 5 nitrogen and oxygen atoms in total. The third kappa shape index (κ3) is 3.14. The smallest absolute Gasteiger partial charge is 0.275 e.